The fourth-order valence-electron chi connectivity index (χ4n) is 6.83. The number of halogens is 1. The number of rotatable bonds is 5. The van der Waals surface area contributed by atoms with E-state index in [1.165, 1.54) is 7.11 Å². The number of hydrogen-bond donors (Lipinski definition) is 2. The highest BCUT2D eigenvalue weighted by molar-refractivity contribution is 6.30. The number of anilines is 3. The van der Waals surface area contributed by atoms with Gasteiger partial charge in [0.2, 0.25) is 11.8 Å². The van der Waals surface area contributed by atoms with Gasteiger partial charge in [-0.25, -0.2) is 0 Å². The molecule has 0 radical (unpaired) electrons. The van der Waals surface area contributed by atoms with Gasteiger partial charge in [-0.2, -0.15) is 0 Å². The van der Waals surface area contributed by atoms with Gasteiger partial charge in [0, 0.05) is 27.6 Å². The molecule has 1 spiro atoms. The number of methoxy groups -OCH3 is 1. The van der Waals surface area contributed by atoms with Crippen LogP contribution in [0.5, 0.6) is 5.75 Å². The molecule has 208 valence electrons. The first-order chi connectivity index (χ1) is 20.4. The van der Waals surface area contributed by atoms with E-state index in [0.29, 0.717) is 33.3 Å². The van der Waals surface area contributed by atoms with Crippen LogP contribution in [-0.2, 0) is 15.0 Å². The van der Waals surface area contributed by atoms with Crippen LogP contribution in [0.2, 0.25) is 5.02 Å². The Morgan fingerprint density at radius 2 is 1.71 bits per heavy atom. The first kappa shape index (κ1) is 26.0. The molecule has 0 saturated carbocycles. The van der Waals surface area contributed by atoms with E-state index in [9.17, 15) is 14.4 Å². The maximum absolute atomic E-state index is 14.8. The maximum Gasteiger partial charge on any atom is 0.247 e. The van der Waals surface area contributed by atoms with Crippen LogP contribution in [0.25, 0.3) is 6.08 Å². The van der Waals surface area contributed by atoms with Crippen LogP contribution < -0.4 is 20.3 Å². The largest absolute Gasteiger partial charge is 0.497 e. The second-order valence-corrected chi connectivity index (χ2v) is 11.1. The molecule has 3 heterocycles. The van der Waals surface area contributed by atoms with E-state index in [0.717, 1.165) is 11.3 Å². The first-order valence-corrected chi connectivity index (χ1v) is 14.0. The van der Waals surface area contributed by atoms with Gasteiger partial charge in [0.1, 0.15) is 17.2 Å². The lowest BCUT2D eigenvalue weighted by atomic mass is 9.64. The molecule has 0 unspecified atom stereocenters. The average molecular weight is 576 g/mol. The highest BCUT2D eigenvalue weighted by Crippen LogP contribution is 2.57. The van der Waals surface area contributed by atoms with E-state index in [1.54, 1.807) is 48.5 Å². The summed E-state index contributed by atoms with van der Waals surface area (Å²) in [7, 11) is 1.53. The molecule has 4 atom stereocenters. The van der Waals surface area contributed by atoms with Gasteiger partial charge in [-0.15, -0.1) is 0 Å². The van der Waals surface area contributed by atoms with Crippen LogP contribution in [0.3, 0.4) is 0 Å². The number of hydrogen-bond acceptors (Lipinski definition) is 5. The van der Waals surface area contributed by atoms with E-state index in [4.69, 9.17) is 16.3 Å². The lowest BCUT2D eigenvalue weighted by molar-refractivity contribution is -0.122. The van der Waals surface area contributed by atoms with Gasteiger partial charge < -0.3 is 20.3 Å². The van der Waals surface area contributed by atoms with Gasteiger partial charge in [-0.3, -0.25) is 14.4 Å². The molecular formula is C34H26ClN3O4. The molecule has 7 rings (SSSR count). The van der Waals surface area contributed by atoms with Gasteiger partial charge in [0.25, 0.3) is 0 Å². The number of carbonyl (C=O) groups is 3. The molecule has 2 amide bonds. The lowest BCUT2D eigenvalue weighted by Crippen LogP contribution is -2.51. The molecule has 0 aromatic heterocycles. The standard InChI is InChI=1S/C34H26ClN3O4/c1-42-24-9-6-8-21(19-24)31(39)29-30(32(40)36-23-16-14-22(35)15-17-23)38-27-12-5-2-7-20(27)13-18-28(38)34(29)25-10-3-4-11-26(25)37-33(34)41/h2-19,28-30H,1H3,(H,36,40)(H,37,41)/t28-,29+,30-,34+/m1/s1. The molecule has 2 N–H and O–H groups in total. The fourth-order valence-corrected chi connectivity index (χ4v) is 6.95. The Hall–Kier alpha value is -4.88. The number of nitrogens with zero attached hydrogens (tertiary/aromatic N) is 1. The number of fused-ring (bicyclic) bond motifs is 6. The van der Waals surface area contributed by atoms with Crippen molar-refractivity contribution < 1.29 is 19.1 Å². The molecule has 4 aromatic rings. The minimum atomic E-state index is -1.39. The summed E-state index contributed by atoms with van der Waals surface area (Å²) in [4.78, 5) is 45.6. The van der Waals surface area contributed by atoms with Crippen molar-refractivity contribution in [1.82, 2.24) is 0 Å². The Bertz CT molecular complexity index is 1790. The zero-order valence-corrected chi connectivity index (χ0v) is 23.3. The molecule has 1 saturated heterocycles. The maximum atomic E-state index is 14.8. The molecule has 0 aliphatic carbocycles. The normalized spacial score (nSPS) is 23.1. The van der Waals surface area contributed by atoms with Crippen LogP contribution >= 0.6 is 11.6 Å². The van der Waals surface area contributed by atoms with Crippen LogP contribution in [0, 0.1) is 5.92 Å². The average Bonchev–Trinajstić information content (AvgIpc) is 3.50. The van der Waals surface area contributed by atoms with Crippen LogP contribution in [0.4, 0.5) is 17.1 Å². The predicted octanol–water partition coefficient (Wildman–Crippen LogP) is 5.96. The zero-order chi connectivity index (χ0) is 29.0. The van der Waals surface area contributed by atoms with E-state index < -0.39 is 29.3 Å². The Kier molecular flexibility index (Phi) is 6.13. The van der Waals surface area contributed by atoms with Crippen molar-refractivity contribution in [3.8, 4) is 5.75 Å². The zero-order valence-electron chi connectivity index (χ0n) is 22.6. The van der Waals surface area contributed by atoms with Crippen LogP contribution in [-0.4, -0.2) is 36.8 Å². The number of para-hydroxylation sites is 2. The molecule has 0 bridgehead atoms. The Morgan fingerprint density at radius 1 is 0.952 bits per heavy atom. The molecule has 7 nitrogen and oxygen atoms in total. The van der Waals surface area contributed by atoms with Gasteiger partial charge >= 0.3 is 0 Å². The van der Waals surface area contributed by atoms with E-state index in [-0.39, 0.29) is 11.7 Å². The van der Waals surface area contributed by atoms with Crippen molar-refractivity contribution >= 4 is 52.3 Å². The lowest BCUT2D eigenvalue weighted by Gasteiger charge is -2.37. The predicted molar refractivity (Wildman–Crippen MR) is 163 cm³/mol. The monoisotopic (exact) mass is 575 g/mol. The van der Waals surface area contributed by atoms with Crippen molar-refractivity contribution in [3.63, 3.8) is 0 Å². The summed E-state index contributed by atoms with van der Waals surface area (Å²) in [6.07, 6.45) is 3.92. The molecule has 42 heavy (non-hydrogen) atoms. The minimum absolute atomic E-state index is 0.314. The van der Waals surface area contributed by atoms with E-state index >= 15 is 0 Å². The van der Waals surface area contributed by atoms with Crippen molar-refractivity contribution in [1.29, 1.82) is 0 Å². The SMILES string of the molecule is COc1cccc(C(=O)[C@@H]2[C@H](C(=O)Nc3ccc(Cl)cc3)N3c4ccccc4C=C[C@@H]3[C@]23C(=O)Nc2ccccc23)c1. The third-order valence-electron chi connectivity index (χ3n) is 8.56. The van der Waals surface area contributed by atoms with Crippen LogP contribution in [0.15, 0.2) is 103 Å². The summed E-state index contributed by atoms with van der Waals surface area (Å²) in [5.74, 6) is -1.61. The first-order valence-electron chi connectivity index (χ1n) is 13.6. The summed E-state index contributed by atoms with van der Waals surface area (Å²) >= 11 is 6.10. The second kappa shape index (κ2) is 9.89. The Labute approximate surface area is 247 Å². The van der Waals surface area contributed by atoms with Gasteiger partial charge in [-0.1, -0.05) is 72.3 Å². The third-order valence-corrected chi connectivity index (χ3v) is 8.81. The van der Waals surface area contributed by atoms with Gasteiger partial charge in [-0.05, 0) is 59.7 Å². The van der Waals surface area contributed by atoms with Crippen molar-refractivity contribution in [2.24, 2.45) is 5.92 Å². The van der Waals surface area contributed by atoms with Gasteiger partial charge in [0.05, 0.1) is 19.1 Å². The summed E-state index contributed by atoms with van der Waals surface area (Å²) in [5, 5.41) is 6.58. The summed E-state index contributed by atoms with van der Waals surface area (Å²) in [6, 6.07) is 27.1. The molecule has 8 heteroatoms. The van der Waals surface area contributed by atoms with Crippen molar-refractivity contribution in [3.05, 3.63) is 125 Å². The number of nitrogens with one attached hydrogen (secondary N) is 2. The van der Waals surface area contributed by atoms with Gasteiger partial charge in [0.15, 0.2) is 5.78 Å². The third kappa shape index (κ3) is 3.77. The minimum Gasteiger partial charge on any atom is -0.497 e. The topological polar surface area (TPSA) is 87.7 Å². The van der Waals surface area contributed by atoms with Crippen LogP contribution in [0.1, 0.15) is 21.5 Å². The number of ether oxygens (including phenoxy) is 1. The number of benzene rings is 4. The number of ketones is 1. The molecular weight excluding hydrogens is 550 g/mol. The molecule has 1 fully saturated rings. The molecule has 4 aromatic carbocycles. The smallest absolute Gasteiger partial charge is 0.247 e. The highest BCUT2D eigenvalue weighted by atomic mass is 35.5. The number of carbonyl (C=O) groups excluding carboxylic acids is 3. The molecule has 3 aliphatic heterocycles. The van der Waals surface area contributed by atoms with Crippen molar-refractivity contribution in [2.45, 2.75) is 17.5 Å². The Morgan fingerprint density at radius 3 is 2.52 bits per heavy atom. The Balaban J connectivity index is 1.48. The summed E-state index contributed by atoms with van der Waals surface area (Å²) in [5.41, 5.74) is 2.51. The highest BCUT2D eigenvalue weighted by Gasteiger charge is 2.70. The second-order valence-electron chi connectivity index (χ2n) is 10.7. The van der Waals surface area contributed by atoms with E-state index in [2.05, 4.69) is 10.6 Å². The number of Topliss-reactive ketones (excluding diaryl/α,β-unsaturated/α-hetero) is 1. The molecule has 3 aliphatic rings. The quantitative estimate of drug-likeness (QED) is 0.287. The number of amides is 2. The fraction of sp³-hybridized carbons (Fsp3) is 0.147. The summed E-state index contributed by atoms with van der Waals surface area (Å²) in [6.45, 7) is 0. The van der Waals surface area contributed by atoms with Crippen molar-refractivity contribution in [2.75, 3.05) is 22.6 Å². The summed E-state index contributed by atoms with van der Waals surface area (Å²) < 4.78 is 5.42. The van der Waals surface area contributed by atoms with E-state index in [1.807, 2.05) is 65.6 Å².